The van der Waals surface area contributed by atoms with Crippen LogP contribution in [0.2, 0.25) is 10.0 Å². The number of esters is 1. The number of rotatable bonds is 11. The van der Waals surface area contributed by atoms with E-state index >= 15 is 4.39 Å². The number of fused-ring (bicyclic) bond motifs is 3. The molecule has 10 nitrogen and oxygen atoms in total. The fraction of sp³-hybridized carbons (Fsp3) is 0.324. The summed E-state index contributed by atoms with van der Waals surface area (Å²) in [6.07, 6.45) is 2.44. The number of amides is 1. The van der Waals surface area contributed by atoms with Gasteiger partial charge in [-0.15, -0.1) is 0 Å². The number of piperidine rings is 3. The van der Waals surface area contributed by atoms with Crippen LogP contribution in [0, 0.1) is 16.9 Å². The number of carbonyl (C=O) groups is 2. The maximum Gasteiger partial charge on any atom is 0.414 e. The maximum atomic E-state index is 15.4. The Labute approximate surface area is 299 Å². The number of carbonyl (C=O) groups excluding carboxylic acids is 2. The van der Waals surface area contributed by atoms with Crippen molar-refractivity contribution in [3.05, 3.63) is 122 Å². The summed E-state index contributed by atoms with van der Waals surface area (Å²) in [5.41, 5.74) is 1.57. The van der Waals surface area contributed by atoms with E-state index in [2.05, 4.69) is 4.90 Å². The average Bonchev–Trinajstić information content (AvgIpc) is 3.12. The van der Waals surface area contributed by atoms with Crippen molar-refractivity contribution >= 4 is 41.0 Å². The predicted octanol–water partition coefficient (Wildman–Crippen LogP) is 7.16. The van der Waals surface area contributed by atoms with E-state index in [1.165, 1.54) is 31.3 Å². The minimum absolute atomic E-state index is 0.000989. The molecular weight excluding hydrogens is 688 g/mol. The van der Waals surface area contributed by atoms with E-state index < -0.39 is 24.0 Å². The molecule has 3 saturated heterocycles. The fourth-order valence-corrected chi connectivity index (χ4v) is 7.09. The van der Waals surface area contributed by atoms with Gasteiger partial charge >= 0.3 is 12.1 Å². The van der Waals surface area contributed by atoms with Crippen LogP contribution in [-0.2, 0) is 22.4 Å². The highest BCUT2D eigenvalue weighted by Gasteiger charge is 2.37. The SMILES string of the molecule is COc1ccc(C(Cc2c(Cl)c[n+]([O-])cc2Cl)OC(=O)c2ccc(F)c(CN(C(=O)O[C@H]3CN4CCC3CC4)c3ccccc3)c2)cc1OC. The first-order chi connectivity index (χ1) is 24.1. The number of pyridine rings is 1. The summed E-state index contributed by atoms with van der Waals surface area (Å²) in [4.78, 5) is 31.1. The van der Waals surface area contributed by atoms with Crippen LogP contribution < -0.4 is 19.1 Å². The Morgan fingerprint density at radius 3 is 2.32 bits per heavy atom. The van der Waals surface area contributed by atoms with Crippen LogP contribution in [-0.4, -0.2) is 56.9 Å². The number of aromatic nitrogens is 1. The zero-order chi connectivity index (χ0) is 35.4. The van der Waals surface area contributed by atoms with Crippen LogP contribution in [0.4, 0.5) is 14.9 Å². The largest absolute Gasteiger partial charge is 0.619 e. The van der Waals surface area contributed by atoms with Gasteiger partial charge in [0.2, 0.25) is 0 Å². The van der Waals surface area contributed by atoms with Crippen molar-refractivity contribution in [1.29, 1.82) is 0 Å². The summed E-state index contributed by atoms with van der Waals surface area (Å²) in [6.45, 7) is 2.47. The van der Waals surface area contributed by atoms with E-state index in [1.54, 1.807) is 42.5 Å². The lowest BCUT2D eigenvalue weighted by molar-refractivity contribution is -0.605. The number of benzene rings is 3. The second-order valence-electron chi connectivity index (χ2n) is 12.3. The topological polar surface area (TPSA) is 104 Å². The predicted molar refractivity (Wildman–Crippen MR) is 185 cm³/mol. The molecule has 3 aromatic carbocycles. The van der Waals surface area contributed by atoms with Crippen LogP contribution in [0.15, 0.2) is 79.1 Å². The lowest BCUT2D eigenvalue weighted by atomic mass is 9.86. The number of anilines is 1. The summed E-state index contributed by atoms with van der Waals surface area (Å²) in [5, 5.41) is 12.1. The number of hydrogen-bond donors (Lipinski definition) is 0. The van der Waals surface area contributed by atoms with Gasteiger partial charge in [0.25, 0.3) is 0 Å². The molecule has 3 fully saturated rings. The smallest absolute Gasteiger partial charge is 0.414 e. The van der Waals surface area contributed by atoms with Gasteiger partial charge in [-0.25, -0.2) is 14.0 Å². The third-order valence-electron chi connectivity index (χ3n) is 9.22. The lowest BCUT2D eigenvalue weighted by Crippen LogP contribution is -2.53. The molecule has 7 rings (SSSR count). The minimum atomic E-state index is -0.967. The van der Waals surface area contributed by atoms with Gasteiger partial charge < -0.3 is 24.2 Å². The van der Waals surface area contributed by atoms with E-state index in [9.17, 15) is 14.8 Å². The first-order valence-corrected chi connectivity index (χ1v) is 16.9. The molecule has 2 atom stereocenters. The monoisotopic (exact) mass is 723 g/mol. The zero-order valence-electron chi connectivity index (χ0n) is 27.5. The van der Waals surface area contributed by atoms with Crippen molar-refractivity contribution in [2.45, 2.75) is 38.0 Å². The van der Waals surface area contributed by atoms with Crippen molar-refractivity contribution in [2.24, 2.45) is 5.92 Å². The molecule has 1 unspecified atom stereocenters. The fourth-order valence-electron chi connectivity index (χ4n) is 6.49. The van der Waals surface area contributed by atoms with Crippen molar-refractivity contribution in [3.63, 3.8) is 0 Å². The molecule has 2 bridgehead atoms. The highest BCUT2D eigenvalue weighted by Crippen LogP contribution is 2.36. The van der Waals surface area contributed by atoms with E-state index in [-0.39, 0.29) is 46.2 Å². The van der Waals surface area contributed by atoms with E-state index in [0.717, 1.165) is 44.4 Å². The average molecular weight is 725 g/mol. The molecule has 3 aliphatic rings. The van der Waals surface area contributed by atoms with Crippen molar-refractivity contribution < 1.29 is 37.7 Å². The first-order valence-electron chi connectivity index (χ1n) is 16.2. The normalized spacial score (nSPS) is 18.6. The third kappa shape index (κ3) is 7.90. The number of hydrogen-bond acceptors (Lipinski definition) is 8. The molecule has 0 radical (unpaired) electrons. The van der Waals surface area contributed by atoms with Crippen LogP contribution in [0.1, 0.15) is 46.0 Å². The summed E-state index contributed by atoms with van der Waals surface area (Å²) < 4.78 is 38.8. The number of para-hydroxylation sites is 1. The van der Waals surface area contributed by atoms with Gasteiger partial charge in [0.05, 0.1) is 26.3 Å². The van der Waals surface area contributed by atoms with Crippen LogP contribution in [0.25, 0.3) is 0 Å². The van der Waals surface area contributed by atoms with Crippen molar-refractivity contribution in [3.8, 4) is 11.5 Å². The summed E-state index contributed by atoms with van der Waals surface area (Å²) >= 11 is 12.8. The molecule has 0 N–H and O–H groups in total. The van der Waals surface area contributed by atoms with Gasteiger partial charge in [-0.05, 0) is 79.9 Å². The Morgan fingerprint density at radius 1 is 0.980 bits per heavy atom. The van der Waals surface area contributed by atoms with Gasteiger partial charge in [-0.3, -0.25) is 9.80 Å². The molecule has 262 valence electrons. The van der Waals surface area contributed by atoms with Gasteiger partial charge in [-0.1, -0.05) is 47.5 Å². The molecule has 0 spiro atoms. The molecular formula is C37H36Cl2FN3O7. The first kappa shape index (κ1) is 35.3. The molecule has 1 amide bonds. The molecule has 0 saturated carbocycles. The Kier molecular flexibility index (Phi) is 11.0. The molecule has 3 aliphatic heterocycles. The number of nitrogens with zero attached hydrogens (tertiary/aromatic N) is 3. The van der Waals surface area contributed by atoms with Gasteiger partial charge in [0, 0.05) is 29.8 Å². The zero-order valence-corrected chi connectivity index (χ0v) is 29.0. The van der Waals surface area contributed by atoms with Gasteiger partial charge in [-0.2, -0.15) is 4.73 Å². The number of methoxy groups -OCH3 is 2. The number of halogens is 3. The third-order valence-corrected chi connectivity index (χ3v) is 9.87. The Balaban J connectivity index is 1.27. The van der Waals surface area contributed by atoms with Crippen LogP contribution in [0.3, 0.4) is 0 Å². The second kappa shape index (κ2) is 15.5. The molecule has 4 aromatic rings. The molecule has 13 heteroatoms. The Hall–Kier alpha value is -4.58. The maximum absolute atomic E-state index is 15.4. The van der Waals surface area contributed by atoms with Gasteiger partial charge in [0.1, 0.15) is 28.1 Å². The Morgan fingerprint density at radius 2 is 1.68 bits per heavy atom. The Bertz CT molecular complexity index is 1830. The van der Waals surface area contributed by atoms with E-state index in [0.29, 0.717) is 39.6 Å². The number of ether oxygens (including phenoxy) is 4. The molecule has 1 aromatic heterocycles. The highest BCUT2D eigenvalue weighted by molar-refractivity contribution is 6.35. The van der Waals surface area contributed by atoms with Crippen LogP contribution >= 0.6 is 23.2 Å². The molecule has 4 heterocycles. The van der Waals surface area contributed by atoms with Crippen molar-refractivity contribution in [2.75, 3.05) is 38.8 Å². The molecule has 50 heavy (non-hydrogen) atoms. The standard InChI is InChI=1S/C37H36Cl2FN3O7/c1-47-32-11-9-24(17-34(32)48-2)33(18-28-29(38)20-42(46)21-30(28)39)49-36(44)25-8-10-31(40)26(16-25)19-43(27-6-4-3-5-7-27)37(45)50-35-22-41-14-12-23(35)13-15-41/h3-11,16-17,20-21,23,33,35H,12-15,18-19,22H2,1-2H3/t33?,35-/m0/s1. The lowest BCUT2D eigenvalue weighted by Gasteiger charge is -2.44. The minimum Gasteiger partial charge on any atom is -0.619 e. The highest BCUT2D eigenvalue weighted by atomic mass is 35.5. The van der Waals surface area contributed by atoms with Crippen molar-refractivity contribution in [1.82, 2.24) is 4.90 Å². The molecule has 0 aliphatic carbocycles. The van der Waals surface area contributed by atoms with Crippen LogP contribution in [0.5, 0.6) is 11.5 Å². The van der Waals surface area contributed by atoms with E-state index in [4.69, 9.17) is 42.1 Å². The second-order valence-corrected chi connectivity index (χ2v) is 13.1. The summed E-state index contributed by atoms with van der Waals surface area (Å²) in [5.74, 6) is -0.235. The van der Waals surface area contributed by atoms with E-state index in [1.807, 2.05) is 6.07 Å². The summed E-state index contributed by atoms with van der Waals surface area (Å²) in [6, 6.07) is 17.7. The quantitative estimate of drug-likeness (QED) is 0.0913. The van der Waals surface area contributed by atoms with Gasteiger partial charge in [0.15, 0.2) is 23.9 Å². The summed E-state index contributed by atoms with van der Waals surface area (Å²) in [7, 11) is 2.98.